The maximum absolute atomic E-state index is 13.3. The normalized spacial score (nSPS) is 19.5. The van der Waals surface area contributed by atoms with E-state index in [0.717, 1.165) is 32.5 Å². The fourth-order valence-corrected chi connectivity index (χ4v) is 4.31. The molecule has 0 spiro atoms. The van der Waals surface area contributed by atoms with Crippen molar-refractivity contribution in [3.8, 4) is 6.07 Å². The number of benzene rings is 2. The summed E-state index contributed by atoms with van der Waals surface area (Å²) in [6.45, 7) is 4.01. The Morgan fingerprint density at radius 2 is 1.73 bits per heavy atom. The van der Waals surface area contributed by atoms with Crippen molar-refractivity contribution in [2.24, 2.45) is 0 Å². The molecule has 2 aliphatic heterocycles. The summed E-state index contributed by atoms with van der Waals surface area (Å²) in [5, 5.41) is 9.17. The van der Waals surface area contributed by atoms with Crippen molar-refractivity contribution >= 4 is 11.8 Å². The highest BCUT2D eigenvalue weighted by Gasteiger charge is 2.38. The van der Waals surface area contributed by atoms with Crippen molar-refractivity contribution in [2.45, 2.75) is 25.4 Å². The van der Waals surface area contributed by atoms with Crippen LogP contribution < -0.4 is 0 Å². The van der Waals surface area contributed by atoms with Gasteiger partial charge in [-0.15, -0.1) is 0 Å². The maximum Gasteiger partial charge on any atom is 0.254 e. The van der Waals surface area contributed by atoms with E-state index in [1.54, 1.807) is 29.2 Å². The Kier molecular flexibility index (Phi) is 6.10. The van der Waals surface area contributed by atoms with Crippen LogP contribution in [0.5, 0.6) is 0 Å². The second-order valence-corrected chi connectivity index (χ2v) is 7.96. The molecule has 2 aliphatic rings. The second-order valence-electron chi connectivity index (χ2n) is 7.96. The number of nitrogens with zero attached hydrogens (tertiary/aromatic N) is 4. The van der Waals surface area contributed by atoms with Gasteiger partial charge in [-0.2, -0.15) is 5.26 Å². The molecule has 2 aromatic rings. The molecule has 30 heavy (non-hydrogen) atoms. The zero-order valence-corrected chi connectivity index (χ0v) is 17.0. The minimum absolute atomic E-state index is 0.0371. The predicted octanol–water partition coefficient (Wildman–Crippen LogP) is 2.51. The highest BCUT2D eigenvalue weighted by molar-refractivity contribution is 5.98. The average molecular weight is 402 g/mol. The zero-order chi connectivity index (χ0) is 20.9. The van der Waals surface area contributed by atoms with Crippen molar-refractivity contribution in [1.82, 2.24) is 14.7 Å². The molecule has 0 saturated carbocycles. The SMILES string of the molecule is N#Cc1cccc(C(=O)N2CCN(Cc3ccccc3)CC2C(=O)N2CCCC2)c1. The quantitative estimate of drug-likeness (QED) is 0.788. The van der Waals surface area contributed by atoms with Gasteiger partial charge in [0, 0.05) is 44.8 Å². The fourth-order valence-electron chi connectivity index (χ4n) is 4.31. The van der Waals surface area contributed by atoms with Crippen molar-refractivity contribution in [3.63, 3.8) is 0 Å². The van der Waals surface area contributed by atoms with Gasteiger partial charge in [0.1, 0.15) is 6.04 Å². The van der Waals surface area contributed by atoms with Crippen LogP contribution in [-0.4, -0.2) is 65.3 Å². The van der Waals surface area contributed by atoms with Crippen LogP contribution >= 0.6 is 0 Å². The third kappa shape index (κ3) is 4.37. The van der Waals surface area contributed by atoms with Crippen molar-refractivity contribution in [1.29, 1.82) is 5.26 Å². The van der Waals surface area contributed by atoms with E-state index >= 15 is 0 Å². The van der Waals surface area contributed by atoms with Gasteiger partial charge >= 0.3 is 0 Å². The van der Waals surface area contributed by atoms with E-state index in [-0.39, 0.29) is 11.8 Å². The molecule has 0 aromatic heterocycles. The summed E-state index contributed by atoms with van der Waals surface area (Å²) >= 11 is 0. The lowest BCUT2D eigenvalue weighted by Gasteiger charge is -2.42. The number of carbonyl (C=O) groups excluding carboxylic acids is 2. The third-order valence-corrected chi connectivity index (χ3v) is 5.92. The molecular weight excluding hydrogens is 376 g/mol. The zero-order valence-electron chi connectivity index (χ0n) is 17.0. The van der Waals surface area contributed by atoms with Crippen LogP contribution in [0.25, 0.3) is 0 Å². The van der Waals surface area contributed by atoms with Crippen LogP contribution in [0.1, 0.15) is 34.3 Å². The molecule has 4 rings (SSSR count). The molecule has 0 aliphatic carbocycles. The van der Waals surface area contributed by atoms with E-state index < -0.39 is 6.04 Å². The van der Waals surface area contributed by atoms with Crippen LogP contribution in [0.2, 0.25) is 0 Å². The molecule has 6 heteroatoms. The van der Waals surface area contributed by atoms with Gasteiger partial charge in [-0.3, -0.25) is 14.5 Å². The molecule has 2 fully saturated rings. The Balaban J connectivity index is 1.56. The number of likely N-dealkylation sites (tertiary alicyclic amines) is 1. The summed E-state index contributed by atoms with van der Waals surface area (Å²) in [4.78, 5) is 32.5. The fraction of sp³-hybridized carbons (Fsp3) is 0.375. The molecule has 0 N–H and O–H groups in total. The number of piperazine rings is 1. The Bertz CT molecular complexity index is 947. The molecule has 2 saturated heterocycles. The topological polar surface area (TPSA) is 67.6 Å². The molecule has 6 nitrogen and oxygen atoms in total. The van der Waals surface area contributed by atoms with Gasteiger partial charge in [0.25, 0.3) is 5.91 Å². The smallest absolute Gasteiger partial charge is 0.254 e. The summed E-state index contributed by atoms with van der Waals surface area (Å²) in [6.07, 6.45) is 2.04. The van der Waals surface area contributed by atoms with Gasteiger partial charge in [0.05, 0.1) is 11.6 Å². The number of amides is 2. The number of hydrogen-bond donors (Lipinski definition) is 0. The van der Waals surface area contributed by atoms with Crippen LogP contribution in [0.4, 0.5) is 0 Å². The summed E-state index contributed by atoms with van der Waals surface area (Å²) in [5.41, 5.74) is 2.11. The van der Waals surface area contributed by atoms with Gasteiger partial charge in [-0.05, 0) is 36.6 Å². The number of hydrogen-bond acceptors (Lipinski definition) is 4. The first-order valence-electron chi connectivity index (χ1n) is 10.5. The Morgan fingerprint density at radius 3 is 2.47 bits per heavy atom. The molecule has 0 radical (unpaired) electrons. The highest BCUT2D eigenvalue weighted by atomic mass is 16.2. The number of carbonyl (C=O) groups is 2. The Morgan fingerprint density at radius 1 is 0.967 bits per heavy atom. The largest absolute Gasteiger partial charge is 0.341 e. The standard InChI is InChI=1S/C24H26N4O2/c25-16-20-9-6-10-21(15-20)23(29)28-14-13-26(17-19-7-2-1-3-8-19)18-22(28)24(30)27-11-4-5-12-27/h1-3,6-10,15,22H,4-5,11-14,17-18H2. The lowest BCUT2D eigenvalue weighted by Crippen LogP contribution is -2.60. The third-order valence-electron chi connectivity index (χ3n) is 5.92. The average Bonchev–Trinajstić information content (AvgIpc) is 3.34. The molecular formula is C24H26N4O2. The minimum Gasteiger partial charge on any atom is -0.341 e. The molecule has 154 valence electrons. The van der Waals surface area contributed by atoms with Gasteiger partial charge in [0.15, 0.2) is 0 Å². The van der Waals surface area contributed by atoms with E-state index in [2.05, 4.69) is 23.1 Å². The summed E-state index contributed by atoms with van der Waals surface area (Å²) in [7, 11) is 0. The highest BCUT2D eigenvalue weighted by Crippen LogP contribution is 2.21. The monoisotopic (exact) mass is 402 g/mol. The molecule has 0 bridgehead atoms. The molecule has 2 aromatic carbocycles. The van der Waals surface area contributed by atoms with Gasteiger partial charge < -0.3 is 9.80 Å². The van der Waals surface area contributed by atoms with Crippen LogP contribution in [0.3, 0.4) is 0 Å². The van der Waals surface area contributed by atoms with Crippen molar-refractivity contribution < 1.29 is 9.59 Å². The molecule has 1 unspecified atom stereocenters. The van der Waals surface area contributed by atoms with Gasteiger partial charge in [-0.1, -0.05) is 36.4 Å². The molecule has 1 atom stereocenters. The summed E-state index contributed by atoms with van der Waals surface area (Å²) in [6, 6.07) is 18.5. The van der Waals surface area contributed by atoms with E-state index in [9.17, 15) is 14.9 Å². The van der Waals surface area contributed by atoms with Crippen molar-refractivity contribution in [2.75, 3.05) is 32.7 Å². The predicted molar refractivity (Wildman–Crippen MR) is 114 cm³/mol. The number of nitriles is 1. The van der Waals surface area contributed by atoms with Crippen LogP contribution in [-0.2, 0) is 11.3 Å². The van der Waals surface area contributed by atoms with Crippen LogP contribution in [0.15, 0.2) is 54.6 Å². The van der Waals surface area contributed by atoms with E-state index in [1.807, 2.05) is 23.1 Å². The first-order chi connectivity index (χ1) is 14.7. The second kappa shape index (κ2) is 9.10. The lowest BCUT2D eigenvalue weighted by atomic mass is 10.1. The summed E-state index contributed by atoms with van der Waals surface area (Å²) < 4.78 is 0. The summed E-state index contributed by atoms with van der Waals surface area (Å²) in [5.74, 6) is -0.140. The van der Waals surface area contributed by atoms with Crippen LogP contribution in [0, 0.1) is 11.3 Å². The Hall–Kier alpha value is -3.17. The maximum atomic E-state index is 13.3. The van der Waals surface area contributed by atoms with Gasteiger partial charge in [-0.25, -0.2) is 0 Å². The number of rotatable bonds is 4. The van der Waals surface area contributed by atoms with Crippen molar-refractivity contribution in [3.05, 3.63) is 71.3 Å². The van der Waals surface area contributed by atoms with Gasteiger partial charge in [0.2, 0.25) is 5.91 Å². The van der Waals surface area contributed by atoms with E-state index in [0.29, 0.717) is 30.8 Å². The Labute approximate surface area is 177 Å². The first kappa shape index (κ1) is 20.1. The first-order valence-corrected chi connectivity index (χ1v) is 10.5. The lowest BCUT2D eigenvalue weighted by molar-refractivity contribution is -0.137. The van der Waals surface area contributed by atoms with E-state index in [4.69, 9.17) is 0 Å². The molecule has 2 amide bonds. The minimum atomic E-state index is -0.501. The molecule has 2 heterocycles. The van der Waals surface area contributed by atoms with E-state index in [1.165, 1.54) is 5.56 Å².